The number of halogens is 7. The third-order valence-electron chi connectivity index (χ3n) is 3.81. The van der Waals surface area contributed by atoms with Gasteiger partial charge in [0.05, 0.1) is 18.1 Å². The molecule has 7 nitrogen and oxygen atoms in total. The molecule has 0 radical (unpaired) electrons. The van der Waals surface area contributed by atoms with E-state index in [0.717, 1.165) is 6.07 Å². The second-order valence-corrected chi connectivity index (χ2v) is 7.05. The van der Waals surface area contributed by atoms with Gasteiger partial charge in [-0.3, -0.25) is 14.9 Å². The van der Waals surface area contributed by atoms with Crippen LogP contribution in [0.4, 0.5) is 36.4 Å². The lowest BCUT2D eigenvalue weighted by atomic mass is 10.3. The van der Waals surface area contributed by atoms with Crippen LogP contribution in [0.2, 0.25) is 0 Å². The first-order chi connectivity index (χ1) is 13.8. The zero-order valence-corrected chi connectivity index (χ0v) is 15.6. The maximum atomic E-state index is 13.5. The van der Waals surface area contributed by atoms with Gasteiger partial charge in [0.2, 0.25) is 0 Å². The number of benzene rings is 1. The average molecular weight is 466 g/mol. The fourth-order valence-electron chi connectivity index (χ4n) is 2.25. The van der Waals surface area contributed by atoms with Crippen molar-refractivity contribution in [2.45, 2.75) is 22.2 Å². The first-order valence-electron chi connectivity index (χ1n) is 8.04. The number of carbonyl (C=O) groups is 1. The van der Waals surface area contributed by atoms with E-state index >= 15 is 0 Å². The first-order valence-corrected chi connectivity index (χ1v) is 8.86. The van der Waals surface area contributed by atoms with Gasteiger partial charge < -0.3 is 14.4 Å². The minimum absolute atomic E-state index is 0.266. The Bertz CT molecular complexity index is 800. The summed E-state index contributed by atoms with van der Waals surface area (Å²) < 4.78 is 99.8. The van der Waals surface area contributed by atoms with Gasteiger partial charge in [0.15, 0.2) is 12.4 Å². The van der Waals surface area contributed by atoms with E-state index in [9.17, 15) is 45.6 Å². The summed E-state index contributed by atoms with van der Waals surface area (Å²) in [6.45, 7) is 0.462. The van der Waals surface area contributed by atoms with Crippen LogP contribution in [0.15, 0.2) is 23.1 Å². The minimum Gasteiger partial charge on any atom is -0.477 e. The van der Waals surface area contributed by atoms with Crippen LogP contribution < -0.4 is 4.74 Å². The number of hydrogen-bond donors (Lipinski definition) is 0. The average Bonchev–Trinajstić information content (AvgIpc) is 2.66. The Morgan fingerprint density at radius 1 is 1.17 bits per heavy atom. The van der Waals surface area contributed by atoms with Crippen LogP contribution in [0.1, 0.15) is 0 Å². The van der Waals surface area contributed by atoms with Crippen molar-refractivity contribution in [2.75, 3.05) is 32.9 Å². The zero-order valence-electron chi connectivity index (χ0n) is 14.8. The third-order valence-corrected chi connectivity index (χ3v) is 4.81. The second kappa shape index (κ2) is 8.83. The summed E-state index contributed by atoms with van der Waals surface area (Å²) in [4.78, 5) is 22.4. The van der Waals surface area contributed by atoms with E-state index < -0.39 is 62.9 Å². The van der Waals surface area contributed by atoms with Crippen molar-refractivity contribution in [3.05, 3.63) is 28.3 Å². The van der Waals surface area contributed by atoms with E-state index in [2.05, 4.69) is 0 Å². The van der Waals surface area contributed by atoms with Crippen molar-refractivity contribution < 1.29 is 49.9 Å². The second-order valence-electron chi connectivity index (χ2n) is 5.86. The number of rotatable bonds is 7. The Kier molecular flexibility index (Phi) is 7.06. The minimum atomic E-state index is -6.53. The molecule has 2 rings (SSSR count). The maximum absolute atomic E-state index is 13.5. The molecule has 15 heteroatoms. The van der Waals surface area contributed by atoms with E-state index in [-0.39, 0.29) is 26.3 Å². The van der Waals surface area contributed by atoms with Crippen LogP contribution in [0.3, 0.4) is 0 Å². The van der Waals surface area contributed by atoms with Crippen LogP contribution in [0.25, 0.3) is 0 Å². The predicted molar refractivity (Wildman–Crippen MR) is 87.8 cm³/mol. The highest BCUT2D eigenvalue weighted by atomic mass is 32.2. The Balaban J connectivity index is 2.16. The van der Waals surface area contributed by atoms with Crippen molar-refractivity contribution in [2.24, 2.45) is 0 Å². The number of nitrogens with zero attached hydrogens (tertiary/aromatic N) is 2. The molecule has 0 N–H and O–H groups in total. The van der Waals surface area contributed by atoms with Gasteiger partial charge in [-0.1, -0.05) is 0 Å². The van der Waals surface area contributed by atoms with E-state index in [4.69, 9.17) is 9.47 Å². The number of ether oxygens (including phenoxy) is 2. The first kappa shape index (κ1) is 24.0. The number of amides is 1. The van der Waals surface area contributed by atoms with Crippen molar-refractivity contribution in [3.8, 4) is 5.75 Å². The molecule has 1 aromatic carbocycles. The molecule has 0 bridgehead atoms. The fourth-order valence-corrected chi connectivity index (χ4v) is 3.09. The highest BCUT2D eigenvalue weighted by Gasteiger charge is 2.73. The lowest BCUT2D eigenvalue weighted by Crippen LogP contribution is -2.49. The number of nitro groups is 1. The van der Waals surface area contributed by atoms with E-state index in [0.29, 0.717) is 12.1 Å². The quantitative estimate of drug-likeness (QED) is 0.264. The molecule has 0 unspecified atom stereocenters. The number of alkyl halides is 7. The van der Waals surface area contributed by atoms with Crippen molar-refractivity contribution in [1.82, 2.24) is 4.90 Å². The lowest BCUT2D eigenvalue weighted by molar-refractivity contribution is -0.386. The Labute approximate surface area is 168 Å². The van der Waals surface area contributed by atoms with Gasteiger partial charge in [0.25, 0.3) is 5.91 Å². The van der Waals surface area contributed by atoms with Gasteiger partial charge in [-0.15, -0.1) is 0 Å². The third kappa shape index (κ3) is 5.24. The van der Waals surface area contributed by atoms with Crippen LogP contribution in [0, 0.1) is 10.1 Å². The summed E-state index contributed by atoms with van der Waals surface area (Å²) in [5, 5.41) is 5.50. The Morgan fingerprint density at radius 2 is 1.77 bits per heavy atom. The summed E-state index contributed by atoms with van der Waals surface area (Å²) in [5.41, 5.74) is -0.985. The Hall–Kier alpha value is -2.29. The van der Waals surface area contributed by atoms with Gasteiger partial charge in [-0.05, 0) is 23.9 Å². The van der Waals surface area contributed by atoms with Crippen molar-refractivity contribution in [1.29, 1.82) is 0 Å². The Morgan fingerprint density at radius 3 is 2.30 bits per heavy atom. The SMILES string of the molecule is O=C(COc1ccc(SC(F)(F)C(F)(F)C(F)(F)F)cc1[N+](=O)[O-])N1CCOCC1. The van der Waals surface area contributed by atoms with Crippen LogP contribution >= 0.6 is 11.8 Å². The number of morpholine rings is 1. The molecule has 0 aliphatic carbocycles. The summed E-state index contributed by atoms with van der Waals surface area (Å²) in [7, 11) is 0. The number of nitro benzene ring substituents is 1. The molecule has 0 spiro atoms. The summed E-state index contributed by atoms with van der Waals surface area (Å²) in [5.74, 6) is -7.46. The van der Waals surface area contributed by atoms with Crippen LogP contribution in [0.5, 0.6) is 5.75 Å². The molecule has 30 heavy (non-hydrogen) atoms. The highest BCUT2D eigenvalue weighted by molar-refractivity contribution is 8.00. The molecule has 168 valence electrons. The van der Waals surface area contributed by atoms with Gasteiger partial charge in [-0.2, -0.15) is 30.7 Å². The lowest BCUT2D eigenvalue weighted by Gasteiger charge is -2.27. The molecular formula is C15H13F7N2O5S. The van der Waals surface area contributed by atoms with E-state index in [1.807, 2.05) is 0 Å². The maximum Gasteiger partial charge on any atom is 0.460 e. The van der Waals surface area contributed by atoms with Gasteiger partial charge in [0, 0.05) is 24.1 Å². The standard InChI is InChI=1S/C15H13F7N2O5S/c16-13(17,14(18,19)20)15(21,22)30-9-1-2-11(10(7-9)24(26)27)29-8-12(25)23-3-5-28-6-4-23/h1-2,7H,3-6,8H2. The summed E-state index contributed by atoms with van der Waals surface area (Å²) in [6, 6.07) is 1.74. The highest BCUT2D eigenvalue weighted by Crippen LogP contribution is 2.54. The normalized spacial score (nSPS) is 15.8. The monoisotopic (exact) mass is 466 g/mol. The molecule has 1 fully saturated rings. The molecule has 1 saturated heterocycles. The van der Waals surface area contributed by atoms with Gasteiger partial charge >= 0.3 is 23.0 Å². The number of hydrogen-bond acceptors (Lipinski definition) is 6. The van der Waals surface area contributed by atoms with Gasteiger partial charge in [-0.25, -0.2) is 0 Å². The molecule has 1 amide bonds. The van der Waals surface area contributed by atoms with Crippen LogP contribution in [-0.2, 0) is 9.53 Å². The largest absolute Gasteiger partial charge is 0.477 e. The topological polar surface area (TPSA) is 81.9 Å². The predicted octanol–water partition coefficient (Wildman–Crippen LogP) is 3.71. The smallest absolute Gasteiger partial charge is 0.460 e. The van der Waals surface area contributed by atoms with Crippen molar-refractivity contribution in [3.63, 3.8) is 0 Å². The molecule has 0 atom stereocenters. The van der Waals surface area contributed by atoms with Crippen molar-refractivity contribution >= 4 is 23.4 Å². The molecular weight excluding hydrogens is 453 g/mol. The zero-order chi connectivity index (χ0) is 22.7. The molecule has 0 saturated carbocycles. The molecule has 0 aromatic heterocycles. The summed E-state index contributed by atoms with van der Waals surface area (Å²) in [6.07, 6.45) is -6.53. The van der Waals surface area contributed by atoms with Gasteiger partial charge in [0.1, 0.15) is 0 Å². The fraction of sp³-hybridized carbons (Fsp3) is 0.533. The van der Waals surface area contributed by atoms with Crippen LogP contribution in [-0.4, -0.2) is 66.0 Å². The number of carbonyl (C=O) groups excluding carboxylic acids is 1. The van der Waals surface area contributed by atoms with E-state index in [1.165, 1.54) is 4.90 Å². The molecule has 1 aliphatic heterocycles. The molecule has 1 aliphatic rings. The number of thioether (sulfide) groups is 1. The molecule has 1 heterocycles. The molecule has 1 aromatic rings. The summed E-state index contributed by atoms with van der Waals surface area (Å²) >= 11 is -1.19. The van der Waals surface area contributed by atoms with E-state index in [1.54, 1.807) is 0 Å².